The van der Waals surface area contributed by atoms with Gasteiger partial charge in [0.1, 0.15) is 10.7 Å². The molecule has 0 fully saturated rings. The summed E-state index contributed by atoms with van der Waals surface area (Å²) in [6, 6.07) is 8.54. The highest BCUT2D eigenvalue weighted by atomic mass is 32.1. The van der Waals surface area contributed by atoms with Crippen LogP contribution in [0.4, 0.5) is 5.00 Å². The molecule has 0 saturated carbocycles. The second-order valence-corrected chi connectivity index (χ2v) is 5.57. The van der Waals surface area contributed by atoms with Crippen LogP contribution in [0.25, 0.3) is 11.3 Å². The zero-order chi connectivity index (χ0) is 12.4. The first kappa shape index (κ1) is 12.1. The highest BCUT2D eigenvalue weighted by Crippen LogP contribution is 2.31. The Balaban J connectivity index is 2.36. The zero-order valence-corrected chi connectivity index (χ0v) is 11.3. The third kappa shape index (κ3) is 2.50. The van der Waals surface area contributed by atoms with Gasteiger partial charge in [0.25, 0.3) is 0 Å². The van der Waals surface area contributed by atoms with Gasteiger partial charge in [0, 0.05) is 5.56 Å². The van der Waals surface area contributed by atoms with Crippen LogP contribution in [0.3, 0.4) is 0 Å². The summed E-state index contributed by atoms with van der Waals surface area (Å²) in [6.07, 6.45) is 0.943. The van der Waals surface area contributed by atoms with Crippen molar-refractivity contribution in [3.8, 4) is 11.3 Å². The lowest BCUT2D eigenvalue weighted by atomic mass is 10.0. The highest BCUT2D eigenvalue weighted by molar-refractivity contribution is 7.16. The number of anilines is 1. The van der Waals surface area contributed by atoms with Gasteiger partial charge in [-0.15, -0.1) is 11.3 Å². The maximum Gasteiger partial charge on any atom is 0.114 e. The first-order valence-electron chi connectivity index (χ1n) is 5.97. The van der Waals surface area contributed by atoms with Crippen LogP contribution < -0.4 is 5.73 Å². The minimum atomic E-state index is 0.558. The molecule has 0 atom stereocenters. The molecule has 0 aliphatic carbocycles. The number of nitrogens with two attached hydrogens (primary N) is 1. The average Bonchev–Trinajstić information content (AvgIpc) is 2.71. The van der Waals surface area contributed by atoms with Gasteiger partial charge in [-0.25, -0.2) is 4.98 Å². The van der Waals surface area contributed by atoms with Gasteiger partial charge in [-0.3, -0.25) is 0 Å². The van der Waals surface area contributed by atoms with Gasteiger partial charge in [-0.05, 0) is 17.9 Å². The molecule has 1 heterocycles. The van der Waals surface area contributed by atoms with E-state index in [4.69, 9.17) is 5.73 Å². The number of nitrogen functional groups attached to an aromatic ring is 1. The number of thiazole rings is 1. The molecule has 0 bridgehead atoms. The Labute approximate surface area is 107 Å². The van der Waals surface area contributed by atoms with Crippen molar-refractivity contribution in [2.75, 3.05) is 5.73 Å². The molecule has 3 heteroatoms. The topological polar surface area (TPSA) is 38.9 Å². The SMILES string of the molecule is CCc1nc(-c2ccc(C(C)C)cc2)c(N)s1. The summed E-state index contributed by atoms with van der Waals surface area (Å²) in [5.41, 5.74) is 9.39. The Morgan fingerprint density at radius 3 is 2.35 bits per heavy atom. The van der Waals surface area contributed by atoms with Crippen LogP contribution in [0.15, 0.2) is 24.3 Å². The summed E-state index contributed by atoms with van der Waals surface area (Å²) in [5.74, 6) is 0.558. The number of hydrogen-bond acceptors (Lipinski definition) is 3. The van der Waals surface area contributed by atoms with Crippen LogP contribution in [-0.4, -0.2) is 4.98 Å². The lowest BCUT2D eigenvalue weighted by molar-refractivity contribution is 0.867. The Morgan fingerprint density at radius 2 is 1.88 bits per heavy atom. The van der Waals surface area contributed by atoms with E-state index in [-0.39, 0.29) is 0 Å². The van der Waals surface area contributed by atoms with Gasteiger partial charge in [-0.2, -0.15) is 0 Å². The van der Waals surface area contributed by atoms with Gasteiger partial charge in [0.15, 0.2) is 0 Å². The molecular formula is C14H18N2S. The fraction of sp³-hybridized carbons (Fsp3) is 0.357. The molecule has 0 spiro atoms. The third-order valence-corrected chi connectivity index (χ3v) is 3.88. The highest BCUT2D eigenvalue weighted by Gasteiger charge is 2.09. The summed E-state index contributed by atoms with van der Waals surface area (Å²) < 4.78 is 0. The normalized spacial score (nSPS) is 11.1. The molecule has 2 nitrogen and oxygen atoms in total. The van der Waals surface area contributed by atoms with Gasteiger partial charge in [0.05, 0.1) is 5.01 Å². The van der Waals surface area contributed by atoms with E-state index in [0.29, 0.717) is 5.92 Å². The molecular weight excluding hydrogens is 228 g/mol. The van der Waals surface area contributed by atoms with E-state index >= 15 is 0 Å². The fourth-order valence-electron chi connectivity index (χ4n) is 1.76. The van der Waals surface area contributed by atoms with E-state index in [1.54, 1.807) is 11.3 Å². The summed E-state index contributed by atoms with van der Waals surface area (Å²) in [6.45, 7) is 6.49. The van der Waals surface area contributed by atoms with E-state index in [0.717, 1.165) is 27.7 Å². The molecule has 1 aromatic heterocycles. The first-order chi connectivity index (χ1) is 8.11. The predicted molar refractivity (Wildman–Crippen MR) is 75.4 cm³/mol. The number of aromatic nitrogens is 1. The van der Waals surface area contributed by atoms with Crippen LogP contribution in [-0.2, 0) is 6.42 Å². The molecule has 90 valence electrons. The largest absolute Gasteiger partial charge is 0.389 e. The van der Waals surface area contributed by atoms with Crippen LogP contribution in [0.1, 0.15) is 37.3 Å². The van der Waals surface area contributed by atoms with Crippen LogP contribution in [0.5, 0.6) is 0 Å². The minimum absolute atomic E-state index is 0.558. The number of benzene rings is 1. The molecule has 0 aliphatic rings. The summed E-state index contributed by atoms with van der Waals surface area (Å²) in [5, 5.41) is 1.92. The van der Waals surface area contributed by atoms with Gasteiger partial charge >= 0.3 is 0 Å². The van der Waals surface area contributed by atoms with Crippen molar-refractivity contribution in [1.82, 2.24) is 4.98 Å². The quantitative estimate of drug-likeness (QED) is 0.886. The molecule has 0 aliphatic heterocycles. The Hall–Kier alpha value is -1.35. The maximum atomic E-state index is 6.00. The molecule has 17 heavy (non-hydrogen) atoms. The smallest absolute Gasteiger partial charge is 0.114 e. The standard InChI is InChI=1S/C14H18N2S/c1-4-12-16-13(14(15)17-12)11-7-5-10(6-8-11)9(2)3/h5-9H,4,15H2,1-3H3. The summed E-state index contributed by atoms with van der Waals surface area (Å²) in [4.78, 5) is 4.57. The third-order valence-electron chi connectivity index (χ3n) is 2.85. The van der Waals surface area contributed by atoms with Crippen molar-refractivity contribution in [3.05, 3.63) is 34.8 Å². The van der Waals surface area contributed by atoms with Crippen molar-refractivity contribution in [2.45, 2.75) is 33.1 Å². The number of hydrogen-bond donors (Lipinski definition) is 1. The van der Waals surface area contributed by atoms with Gasteiger partial charge in [-0.1, -0.05) is 45.0 Å². The Kier molecular flexibility index (Phi) is 3.48. The summed E-state index contributed by atoms with van der Waals surface area (Å²) >= 11 is 1.59. The van der Waals surface area contributed by atoms with Crippen molar-refractivity contribution >= 4 is 16.3 Å². The maximum absolute atomic E-state index is 6.00. The first-order valence-corrected chi connectivity index (χ1v) is 6.79. The molecule has 0 saturated heterocycles. The van der Waals surface area contributed by atoms with E-state index in [2.05, 4.69) is 50.0 Å². The van der Waals surface area contributed by atoms with Crippen LogP contribution in [0, 0.1) is 0 Å². The summed E-state index contributed by atoms with van der Waals surface area (Å²) in [7, 11) is 0. The minimum Gasteiger partial charge on any atom is -0.389 e. The Bertz CT molecular complexity index is 497. The predicted octanol–water partition coefficient (Wildman–Crippen LogP) is 4.08. The van der Waals surface area contributed by atoms with Crippen molar-refractivity contribution in [2.24, 2.45) is 0 Å². The molecule has 2 N–H and O–H groups in total. The molecule has 0 unspecified atom stereocenters. The number of nitrogens with zero attached hydrogens (tertiary/aromatic N) is 1. The lowest BCUT2D eigenvalue weighted by Gasteiger charge is -2.05. The van der Waals surface area contributed by atoms with E-state index in [9.17, 15) is 0 Å². The number of aryl methyl sites for hydroxylation is 1. The van der Waals surface area contributed by atoms with E-state index in [1.165, 1.54) is 5.56 Å². The van der Waals surface area contributed by atoms with Crippen molar-refractivity contribution in [3.63, 3.8) is 0 Å². The van der Waals surface area contributed by atoms with Gasteiger partial charge in [0.2, 0.25) is 0 Å². The Morgan fingerprint density at radius 1 is 1.24 bits per heavy atom. The molecule has 2 rings (SSSR count). The zero-order valence-electron chi connectivity index (χ0n) is 10.5. The van der Waals surface area contributed by atoms with Gasteiger partial charge < -0.3 is 5.73 Å². The molecule has 0 amide bonds. The molecule has 0 radical (unpaired) electrons. The molecule has 2 aromatic rings. The second-order valence-electron chi connectivity index (χ2n) is 4.45. The van der Waals surface area contributed by atoms with E-state index in [1.807, 2.05) is 0 Å². The molecule has 1 aromatic carbocycles. The monoisotopic (exact) mass is 246 g/mol. The van der Waals surface area contributed by atoms with E-state index < -0.39 is 0 Å². The van der Waals surface area contributed by atoms with Crippen LogP contribution in [0.2, 0.25) is 0 Å². The lowest BCUT2D eigenvalue weighted by Crippen LogP contribution is -1.89. The average molecular weight is 246 g/mol. The second kappa shape index (κ2) is 4.88. The van der Waals surface area contributed by atoms with Crippen molar-refractivity contribution in [1.29, 1.82) is 0 Å². The van der Waals surface area contributed by atoms with Crippen molar-refractivity contribution < 1.29 is 0 Å². The number of rotatable bonds is 3. The fourth-order valence-corrected chi connectivity index (χ4v) is 2.56. The van der Waals surface area contributed by atoms with Crippen LogP contribution >= 0.6 is 11.3 Å².